The van der Waals surface area contributed by atoms with Crippen molar-refractivity contribution in [3.8, 4) is 5.88 Å². The first-order chi connectivity index (χ1) is 15.2. The number of nitrogens with zero attached hydrogens (tertiary/aromatic N) is 3. The number of hydrogen-bond acceptors (Lipinski definition) is 7. The molecule has 2 aromatic carbocycles. The molecular weight excluding hydrogens is 473 g/mol. The fraction of sp³-hybridized carbons (Fsp3) is 0.143. The van der Waals surface area contributed by atoms with Gasteiger partial charge in [-0.15, -0.1) is 0 Å². The quantitative estimate of drug-likeness (QED) is 0.491. The number of aromatic hydroxyl groups is 1. The van der Waals surface area contributed by atoms with Gasteiger partial charge in [-0.3, -0.25) is 9.59 Å². The Labute approximate surface area is 196 Å². The van der Waals surface area contributed by atoms with Gasteiger partial charge in [0, 0.05) is 10.9 Å². The van der Waals surface area contributed by atoms with Crippen molar-refractivity contribution < 1.29 is 14.7 Å². The van der Waals surface area contributed by atoms with E-state index in [0.29, 0.717) is 37.1 Å². The second-order valence-electron chi connectivity index (χ2n) is 7.21. The molecule has 0 radical (unpaired) electrons. The van der Waals surface area contributed by atoms with Crippen LogP contribution in [0, 0.1) is 0 Å². The maximum atomic E-state index is 12.6. The van der Waals surface area contributed by atoms with Crippen LogP contribution in [0.4, 0.5) is 16.5 Å². The maximum absolute atomic E-state index is 12.6. The SMILES string of the molecule is CN(C)CC(=O)Nc1ccc2c(c1)=C(c1sc(Nc3cccc(Cl)c3Cl)nc1O)C(=O)N=2. The smallest absolute Gasteiger partial charge is 0.279 e. The van der Waals surface area contributed by atoms with Crippen LogP contribution in [0.15, 0.2) is 41.4 Å². The van der Waals surface area contributed by atoms with Gasteiger partial charge in [0.05, 0.1) is 33.2 Å². The standard InChI is InChI=1S/C21H17Cl2N5O3S/c1-28(2)9-15(29)24-10-6-7-13-11(8-10)16(19(30)25-13)18-20(31)27-21(32-18)26-14-5-3-4-12(22)17(14)23/h3-8,31H,9H2,1-2H3,(H,24,29)(H,26,27). The molecule has 3 aromatic rings. The van der Waals surface area contributed by atoms with Crippen LogP contribution >= 0.6 is 34.5 Å². The summed E-state index contributed by atoms with van der Waals surface area (Å²) in [6.07, 6.45) is 0. The Hall–Kier alpha value is -2.98. The molecule has 1 aliphatic rings. The average molecular weight is 490 g/mol. The topological polar surface area (TPSA) is 107 Å². The number of anilines is 3. The van der Waals surface area contributed by atoms with E-state index in [1.807, 2.05) is 0 Å². The third kappa shape index (κ3) is 4.46. The molecule has 3 N–H and O–H groups in total. The Kier molecular flexibility index (Phi) is 6.16. The first kappa shape index (κ1) is 22.2. The van der Waals surface area contributed by atoms with Gasteiger partial charge < -0.3 is 20.6 Å². The lowest BCUT2D eigenvalue weighted by Gasteiger charge is -2.09. The first-order valence-corrected chi connectivity index (χ1v) is 10.9. The molecule has 2 heterocycles. The van der Waals surface area contributed by atoms with Crippen molar-refractivity contribution >= 4 is 68.4 Å². The van der Waals surface area contributed by atoms with E-state index in [0.717, 1.165) is 11.3 Å². The van der Waals surface area contributed by atoms with Gasteiger partial charge in [0.25, 0.3) is 5.91 Å². The number of amides is 2. The van der Waals surface area contributed by atoms with Crippen molar-refractivity contribution in [1.29, 1.82) is 0 Å². The Morgan fingerprint density at radius 2 is 2.00 bits per heavy atom. The molecule has 8 nitrogen and oxygen atoms in total. The van der Waals surface area contributed by atoms with Crippen molar-refractivity contribution in [2.24, 2.45) is 4.99 Å². The molecule has 1 aliphatic heterocycles. The number of halogens is 2. The first-order valence-electron chi connectivity index (χ1n) is 9.36. The molecule has 11 heteroatoms. The van der Waals surface area contributed by atoms with E-state index in [-0.39, 0.29) is 28.8 Å². The summed E-state index contributed by atoms with van der Waals surface area (Å²) in [7, 11) is 3.58. The Bertz CT molecular complexity index is 1370. The maximum Gasteiger partial charge on any atom is 0.279 e. The summed E-state index contributed by atoms with van der Waals surface area (Å²) in [4.78, 5) is 34.9. The lowest BCUT2D eigenvalue weighted by atomic mass is 10.1. The molecule has 32 heavy (non-hydrogen) atoms. The van der Waals surface area contributed by atoms with Crippen molar-refractivity contribution in [2.75, 3.05) is 31.3 Å². The fourth-order valence-electron chi connectivity index (χ4n) is 3.14. The highest BCUT2D eigenvalue weighted by Gasteiger charge is 2.25. The van der Waals surface area contributed by atoms with Gasteiger partial charge in [-0.05, 0) is 44.4 Å². The average Bonchev–Trinajstić information content (AvgIpc) is 3.22. The predicted octanol–water partition coefficient (Wildman–Crippen LogP) is 2.76. The molecule has 0 spiro atoms. The Morgan fingerprint density at radius 1 is 1.22 bits per heavy atom. The molecule has 4 rings (SSSR count). The van der Waals surface area contributed by atoms with Gasteiger partial charge in [-0.1, -0.05) is 40.6 Å². The Balaban J connectivity index is 1.72. The summed E-state index contributed by atoms with van der Waals surface area (Å²) in [6.45, 7) is 0.216. The molecule has 0 atom stereocenters. The highest BCUT2D eigenvalue weighted by molar-refractivity contribution is 7.17. The minimum absolute atomic E-state index is 0.191. The number of rotatable bonds is 6. The van der Waals surface area contributed by atoms with Crippen molar-refractivity contribution in [3.05, 3.63) is 61.9 Å². The van der Waals surface area contributed by atoms with Crippen LogP contribution in [-0.2, 0) is 9.59 Å². The minimum Gasteiger partial charge on any atom is -0.492 e. The van der Waals surface area contributed by atoms with E-state index >= 15 is 0 Å². The van der Waals surface area contributed by atoms with Crippen LogP contribution in [0.5, 0.6) is 5.88 Å². The number of carbonyl (C=O) groups is 2. The largest absolute Gasteiger partial charge is 0.492 e. The van der Waals surface area contributed by atoms with Crippen LogP contribution in [0.1, 0.15) is 4.88 Å². The summed E-state index contributed by atoms with van der Waals surface area (Å²) in [5.74, 6) is -1.00. The van der Waals surface area contributed by atoms with E-state index in [1.54, 1.807) is 55.4 Å². The summed E-state index contributed by atoms with van der Waals surface area (Å²) in [6, 6.07) is 10.1. The van der Waals surface area contributed by atoms with Crippen LogP contribution < -0.4 is 21.2 Å². The van der Waals surface area contributed by atoms with Gasteiger partial charge in [-0.25, -0.2) is 4.99 Å². The zero-order valence-electron chi connectivity index (χ0n) is 16.9. The van der Waals surface area contributed by atoms with Crippen LogP contribution in [0.3, 0.4) is 0 Å². The van der Waals surface area contributed by atoms with Crippen LogP contribution in [0.2, 0.25) is 10.0 Å². The third-order valence-electron chi connectivity index (χ3n) is 4.47. The van der Waals surface area contributed by atoms with Gasteiger partial charge in [0.1, 0.15) is 4.88 Å². The summed E-state index contributed by atoms with van der Waals surface area (Å²) in [5, 5.41) is 18.2. The number of nitrogens with one attached hydrogen (secondary N) is 2. The number of benzene rings is 2. The molecule has 0 bridgehead atoms. The zero-order valence-corrected chi connectivity index (χ0v) is 19.3. The highest BCUT2D eigenvalue weighted by atomic mass is 35.5. The zero-order chi connectivity index (χ0) is 23.0. The lowest BCUT2D eigenvalue weighted by molar-refractivity contribution is -0.116. The molecule has 0 saturated heterocycles. The number of hydrogen-bond donors (Lipinski definition) is 3. The molecule has 1 aromatic heterocycles. The second-order valence-corrected chi connectivity index (χ2v) is 8.99. The Morgan fingerprint density at radius 3 is 2.75 bits per heavy atom. The van der Waals surface area contributed by atoms with Crippen LogP contribution in [0.25, 0.3) is 5.57 Å². The normalized spacial score (nSPS) is 12.7. The van der Waals surface area contributed by atoms with E-state index in [4.69, 9.17) is 23.2 Å². The van der Waals surface area contributed by atoms with E-state index in [1.165, 1.54) is 0 Å². The molecule has 0 saturated carbocycles. The number of thiazole rings is 1. The molecule has 164 valence electrons. The molecule has 0 unspecified atom stereocenters. The number of carbonyl (C=O) groups excluding carboxylic acids is 2. The van der Waals surface area contributed by atoms with E-state index < -0.39 is 5.91 Å². The molecule has 0 fully saturated rings. The molecule has 2 amide bonds. The fourth-order valence-corrected chi connectivity index (χ4v) is 4.41. The van der Waals surface area contributed by atoms with Crippen molar-refractivity contribution in [1.82, 2.24) is 9.88 Å². The lowest BCUT2D eigenvalue weighted by Crippen LogP contribution is -2.29. The molecule has 0 aliphatic carbocycles. The summed E-state index contributed by atoms with van der Waals surface area (Å²) < 4.78 is 0. The number of aromatic nitrogens is 1. The van der Waals surface area contributed by atoms with E-state index in [9.17, 15) is 14.7 Å². The monoisotopic (exact) mass is 489 g/mol. The summed E-state index contributed by atoms with van der Waals surface area (Å²) in [5.41, 5.74) is 1.24. The second kappa shape index (κ2) is 8.87. The van der Waals surface area contributed by atoms with Crippen molar-refractivity contribution in [3.63, 3.8) is 0 Å². The van der Waals surface area contributed by atoms with Gasteiger partial charge in [0.2, 0.25) is 11.8 Å². The molecular formula is C21H17Cl2N5O3S. The van der Waals surface area contributed by atoms with Gasteiger partial charge in [-0.2, -0.15) is 4.98 Å². The number of likely N-dealkylation sites (N-methyl/N-ethyl adjacent to an activating group) is 1. The predicted molar refractivity (Wildman–Crippen MR) is 125 cm³/mol. The summed E-state index contributed by atoms with van der Waals surface area (Å²) >= 11 is 13.3. The van der Waals surface area contributed by atoms with Gasteiger partial charge >= 0.3 is 0 Å². The highest BCUT2D eigenvalue weighted by Crippen LogP contribution is 2.38. The van der Waals surface area contributed by atoms with Gasteiger partial charge in [0.15, 0.2) is 5.13 Å². The van der Waals surface area contributed by atoms with Crippen LogP contribution in [-0.4, -0.2) is 47.4 Å². The third-order valence-corrected chi connectivity index (χ3v) is 6.27. The van der Waals surface area contributed by atoms with E-state index in [2.05, 4.69) is 20.6 Å². The van der Waals surface area contributed by atoms with Crippen molar-refractivity contribution in [2.45, 2.75) is 0 Å². The minimum atomic E-state index is -0.497. The number of fused-ring (bicyclic) bond motifs is 1.